The molecule has 31 heavy (non-hydrogen) atoms. The number of benzene rings is 1. The van der Waals surface area contributed by atoms with E-state index in [0.29, 0.717) is 22.6 Å². The van der Waals surface area contributed by atoms with E-state index in [9.17, 15) is 22.7 Å². The van der Waals surface area contributed by atoms with Gasteiger partial charge < -0.3 is 14.8 Å². The van der Waals surface area contributed by atoms with E-state index in [1.165, 1.54) is 39.2 Å². The Kier molecular flexibility index (Phi) is 5.77. The van der Waals surface area contributed by atoms with Gasteiger partial charge in [0.25, 0.3) is 0 Å². The van der Waals surface area contributed by atoms with Crippen LogP contribution in [-0.2, 0) is 11.8 Å². The molecule has 3 rings (SSSR count). The summed E-state index contributed by atoms with van der Waals surface area (Å²) >= 11 is 0. The number of nitrogens with zero attached hydrogens (tertiary/aromatic N) is 2. The molecular weight excluding hydrogens is 414 g/mol. The van der Waals surface area contributed by atoms with Crippen LogP contribution in [0.4, 0.5) is 17.6 Å². The van der Waals surface area contributed by atoms with Crippen LogP contribution in [0.25, 0.3) is 11.0 Å². The van der Waals surface area contributed by atoms with Gasteiger partial charge >= 0.3 is 6.18 Å². The quantitative estimate of drug-likeness (QED) is 0.535. The van der Waals surface area contributed by atoms with Crippen molar-refractivity contribution in [2.24, 2.45) is 0 Å². The summed E-state index contributed by atoms with van der Waals surface area (Å²) in [6.07, 6.45) is -6.35. The minimum atomic E-state index is -4.93. The molecule has 3 aromatic rings. The molecule has 1 unspecified atom stereocenters. The van der Waals surface area contributed by atoms with E-state index >= 15 is 0 Å². The molecule has 5 nitrogen and oxygen atoms in total. The number of nitrogens with one attached hydrogen (secondary N) is 1. The van der Waals surface area contributed by atoms with Gasteiger partial charge in [-0.15, -0.1) is 0 Å². The number of aromatic amines is 1. The summed E-state index contributed by atoms with van der Waals surface area (Å²) in [4.78, 5) is 11.3. The van der Waals surface area contributed by atoms with E-state index < -0.39 is 35.9 Å². The molecular formula is C22H25F4N3O2. The van der Waals surface area contributed by atoms with Crippen molar-refractivity contribution in [3.05, 3.63) is 52.9 Å². The van der Waals surface area contributed by atoms with E-state index in [4.69, 9.17) is 4.74 Å². The zero-order chi connectivity index (χ0) is 23.2. The number of alkyl halides is 3. The molecule has 0 aliphatic carbocycles. The Bertz CT molecular complexity index is 1110. The molecule has 0 bridgehead atoms. The molecule has 1 atom stereocenters. The fraction of sp³-hybridized carbons (Fsp3) is 0.455. The maximum atomic E-state index is 14.1. The van der Waals surface area contributed by atoms with Gasteiger partial charge in [0.1, 0.15) is 23.0 Å². The van der Waals surface area contributed by atoms with Gasteiger partial charge in [0.2, 0.25) is 0 Å². The first kappa shape index (κ1) is 23.0. The molecule has 0 amide bonds. The summed E-state index contributed by atoms with van der Waals surface area (Å²) in [5, 5.41) is 11.5. The summed E-state index contributed by atoms with van der Waals surface area (Å²) in [5.74, 6) is 0.145. The number of fused-ring (bicyclic) bond motifs is 1. The number of ether oxygens (including phenoxy) is 1. The SMILES string of the molecule is COc1ccc(F)cc1C(C)(C)CC(O)(Cc1cc2c(C)nc(C)nc2[nH]1)C(F)(F)F. The zero-order valence-corrected chi connectivity index (χ0v) is 18.0. The summed E-state index contributed by atoms with van der Waals surface area (Å²) in [6, 6.07) is 5.20. The van der Waals surface area contributed by atoms with Crippen LogP contribution in [-0.4, -0.2) is 38.9 Å². The Balaban J connectivity index is 2.02. The van der Waals surface area contributed by atoms with Crippen LogP contribution in [0.2, 0.25) is 0 Å². The van der Waals surface area contributed by atoms with Crippen molar-refractivity contribution in [2.75, 3.05) is 7.11 Å². The average molecular weight is 439 g/mol. The number of halogens is 4. The topological polar surface area (TPSA) is 71.0 Å². The summed E-state index contributed by atoms with van der Waals surface area (Å²) in [7, 11) is 1.36. The molecule has 0 fully saturated rings. The fourth-order valence-corrected chi connectivity index (χ4v) is 4.06. The fourth-order valence-electron chi connectivity index (χ4n) is 4.06. The number of aryl methyl sites for hydroxylation is 2. The molecule has 0 saturated carbocycles. The molecule has 0 spiro atoms. The highest BCUT2D eigenvalue weighted by Gasteiger charge is 2.56. The van der Waals surface area contributed by atoms with Crippen molar-refractivity contribution in [2.45, 2.75) is 57.7 Å². The number of hydrogen-bond donors (Lipinski definition) is 2. The van der Waals surface area contributed by atoms with Gasteiger partial charge in [0, 0.05) is 23.1 Å². The van der Waals surface area contributed by atoms with Crippen LogP contribution in [0.1, 0.15) is 43.0 Å². The zero-order valence-electron chi connectivity index (χ0n) is 18.0. The number of aromatic nitrogens is 3. The number of methoxy groups -OCH3 is 1. The minimum Gasteiger partial charge on any atom is -0.496 e. The molecule has 2 aromatic heterocycles. The average Bonchev–Trinajstić information content (AvgIpc) is 3.02. The van der Waals surface area contributed by atoms with Crippen LogP contribution in [0.3, 0.4) is 0 Å². The predicted molar refractivity (Wildman–Crippen MR) is 109 cm³/mol. The summed E-state index contributed by atoms with van der Waals surface area (Å²) in [5.41, 5.74) is -2.87. The number of hydrogen-bond acceptors (Lipinski definition) is 4. The third-order valence-corrected chi connectivity index (χ3v) is 5.48. The van der Waals surface area contributed by atoms with E-state index in [1.54, 1.807) is 13.8 Å². The molecule has 0 aliphatic heterocycles. The van der Waals surface area contributed by atoms with E-state index in [0.717, 1.165) is 6.07 Å². The van der Waals surface area contributed by atoms with Gasteiger partial charge in [-0.05, 0) is 49.9 Å². The second kappa shape index (κ2) is 7.78. The largest absolute Gasteiger partial charge is 0.496 e. The molecule has 1 aromatic carbocycles. The van der Waals surface area contributed by atoms with Crippen LogP contribution >= 0.6 is 0 Å². The first-order valence-corrected chi connectivity index (χ1v) is 9.72. The van der Waals surface area contributed by atoms with Gasteiger partial charge in [-0.2, -0.15) is 13.2 Å². The third-order valence-electron chi connectivity index (χ3n) is 5.48. The van der Waals surface area contributed by atoms with Crippen molar-refractivity contribution >= 4 is 11.0 Å². The maximum absolute atomic E-state index is 14.1. The molecule has 0 saturated heterocycles. The molecule has 0 radical (unpaired) electrons. The number of rotatable bonds is 6. The third kappa shape index (κ3) is 4.51. The van der Waals surface area contributed by atoms with Crippen molar-refractivity contribution in [1.29, 1.82) is 0 Å². The lowest BCUT2D eigenvalue weighted by Crippen LogP contribution is -2.51. The lowest BCUT2D eigenvalue weighted by molar-refractivity contribution is -0.266. The Morgan fingerprint density at radius 3 is 2.39 bits per heavy atom. The second-order valence-electron chi connectivity index (χ2n) is 8.52. The highest BCUT2D eigenvalue weighted by atomic mass is 19.4. The lowest BCUT2D eigenvalue weighted by atomic mass is 9.73. The van der Waals surface area contributed by atoms with Crippen LogP contribution < -0.4 is 4.74 Å². The Morgan fingerprint density at radius 1 is 1.10 bits per heavy atom. The van der Waals surface area contributed by atoms with Gasteiger partial charge in [-0.1, -0.05) is 13.8 Å². The van der Waals surface area contributed by atoms with Crippen LogP contribution in [0, 0.1) is 19.7 Å². The highest BCUT2D eigenvalue weighted by Crippen LogP contribution is 2.45. The Morgan fingerprint density at radius 2 is 1.77 bits per heavy atom. The van der Waals surface area contributed by atoms with Crippen molar-refractivity contribution < 1.29 is 27.4 Å². The van der Waals surface area contributed by atoms with Gasteiger partial charge in [0.05, 0.1) is 12.8 Å². The predicted octanol–water partition coefficient (Wildman–Crippen LogP) is 4.93. The van der Waals surface area contributed by atoms with Gasteiger partial charge in [-0.25, -0.2) is 14.4 Å². The summed E-state index contributed by atoms with van der Waals surface area (Å²) < 4.78 is 61.4. The van der Waals surface area contributed by atoms with Gasteiger partial charge in [-0.3, -0.25) is 0 Å². The number of H-pyrrole nitrogens is 1. The molecule has 2 N–H and O–H groups in total. The normalized spacial score (nSPS) is 14.6. The second-order valence-corrected chi connectivity index (χ2v) is 8.52. The van der Waals surface area contributed by atoms with Crippen molar-refractivity contribution in [3.63, 3.8) is 0 Å². The molecule has 9 heteroatoms. The lowest BCUT2D eigenvalue weighted by Gasteiger charge is -2.38. The van der Waals surface area contributed by atoms with Gasteiger partial charge in [0.15, 0.2) is 5.60 Å². The van der Waals surface area contributed by atoms with Crippen LogP contribution in [0.5, 0.6) is 5.75 Å². The first-order chi connectivity index (χ1) is 14.3. The van der Waals surface area contributed by atoms with Crippen molar-refractivity contribution in [3.8, 4) is 5.75 Å². The smallest absolute Gasteiger partial charge is 0.417 e. The molecule has 0 aliphatic rings. The van der Waals surface area contributed by atoms with Crippen molar-refractivity contribution in [1.82, 2.24) is 15.0 Å². The van der Waals surface area contributed by atoms with E-state index in [-0.39, 0.29) is 17.0 Å². The number of aliphatic hydroxyl groups is 1. The minimum absolute atomic E-state index is 0.180. The highest BCUT2D eigenvalue weighted by molar-refractivity contribution is 5.79. The Hall–Kier alpha value is -2.68. The van der Waals surface area contributed by atoms with E-state index in [1.807, 2.05) is 0 Å². The summed E-state index contributed by atoms with van der Waals surface area (Å²) in [6.45, 7) is 6.47. The molecule has 2 heterocycles. The van der Waals surface area contributed by atoms with E-state index in [2.05, 4.69) is 15.0 Å². The monoisotopic (exact) mass is 439 g/mol. The molecule has 168 valence electrons. The Labute approximate surface area is 177 Å². The van der Waals surface area contributed by atoms with Crippen LogP contribution in [0.15, 0.2) is 24.3 Å². The first-order valence-electron chi connectivity index (χ1n) is 9.72. The maximum Gasteiger partial charge on any atom is 0.417 e. The standard InChI is InChI=1S/C22H25F4N3O2/c1-12-16-9-15(29-19(16)28-13(2)27-12)10-21(30,22(24,25)26)11-20(3,4)17-8-14(23)6-7-18(17)31-5/h6-9,30H,10-11H2,1-5H3,(H,27,28,29).